The van der Waals surface area contributed by atoms with Crippen LogP contribution in [0.4, 0.5) is 0 Å². The standard InChI is InChI=1S/C23H29N2/c1-22(2)21-14-15-23(22,3)25(17-20-12-8-5-9-13-20)18-24(21)16-19-10-6-4-7-11-19/h4-13,18,21H,14-17H2,1-3H3/q+1/t21-,23+/m0/s1. The zero-order valence-electron chi connectivity index (χ0n) is 15.7. The van der Waals surface area contributed by atoms with Crippen LogP contribution in [0.2, 0.25) is 0 Å². The minimum Gasteiger partial charge on any atom is -0.261 e. The molecule has 2 bridgehead atoms. The summed E-state index contributed by atoms with van der Waals surface area (Å²) in [6, 6.07) is 22.4. The molecule has 2 aliphatic rings. The molecule has 4 rings (SSSR count). The molecule has 2 aromatic rings. The summed E-state index contributed by atoms with van der Waals surface area (Å²) in [7, 11) is 0. The summed E-state index contributed by atoms with van der Waals surface area (Å²) in [4.78, 5) is 2.61. The van der Waals surface area contributed by atoms with E-state index in [1.807, 2.05) is 0 Å². The molecule has 1 heterocycles. The first-order valence-corrected chi connectivity index (χ1v) is 9.46. The molecule has 2 heteroatoms. The molecule has 0 spiro atoms. The molecule has 25 heavy (non-hydrogen) atoms. The Balaban J connectivity index is 1.69. The number of fused-ring (bicyclic) bond motifs is 2. The first-order valence-electron chi connectivity index (χ1n) is 9.46. The minimum absolute atomic E-state index is 0.223. The Bertz CT molecular complexity index is 763. The average molecular weight is 333 g/mol. The molecule has 0 unspecified atom stereocenters. The predicted octanol–water partition coefficient (Wildman–Crippen LogP) is 4.69. The predicted molar refractivity (Wildman–Crippen MR) is 104 cm³/mol. The molecule has 2 aromatic carbocycles. The summed E-state index contributed by atoms with van der Waals surface area (Å²) in [6.45, 7) is 9.38. The van der Waals surface area contributed by atoms with Crippen LogP contribution in [-0.4, -0.2) is 27.4 Å². The van der Waals surface area contributed by atoms with E-state index in [1.54, 1.807) is 0 Å². The van der Waals surface area contributed by atoms with Gasteiger partial charge in [0.2, 0.25) is 6.34 Å². The van der Waals surface area contributed by atoms with Crippen LogP contribution in [0.25, 0.3) is 0 Å². The Labute approximate surface area is 151 Å². The molecule has 0 radical (unpaired) electrons. The molecule has 2 atom stereocenters. The molecule has 130 valence electrons. The summed E-state index contributed by atoms with van der Waals surface area (Å²) in [6.07, 6.45) is 4.96. The van der Waals surface area contributed by atoms with Crippen molar-refractivity contribution in [1.82, 2.24) is 4.90 Å². The summed E-state index contributed by atoms with van der Waals surface area (Å²) in [5, 5.41) is 0. The highest BCUT2D eigenvalue weighted by molar-refractivity contribution is 5.54. The van der Waals surface area contributed by atoms with Crippen LogP contribution in [0.1, 0.15) is 44.7 Å². The lowest BCUT2D eigenvalue weighted by Crippen LogP contribution is -2.61. The van der Waals surface area contributed by atoms with Crippen molar-refractivity contribution in [2.75, 3.05) is 0 Å². The second kappa shape index (κ2) is 6.01. The lowest BCUT2D eigenvalue weighted by Gasteiger charge is -2.47. The van der Waals surface area contributed by atoms with Gasteiger partial charge in [-0.25, -0.2) is 0 Å². The third-order valence-electron chi connectivity index (χ3n) is 6.85. The fraction of sp³-hybridized carbons (Fsp3) is 0.435. The van der Waals surface area contributed by atoms with Crippen molar-refractivity contribution < 1.29 is 4.58 Å². The molecule has 0 amide bonds. The van der Waals surface area contributed by atoms with E-state index in [0.717, 1.165) is 13.1 Å². The first kappa shape index (κ1) is 16.4. The van der Waals surface area contributed by atoms with Gasteiger partial charge in [0, 0.05) is 5.41 Å². The Morgan fingerprint density at radius 1 is 0.920 bits per heavy atom. The van der Waals surface area contributed by atoms with E-state index in [-0.39, 0.29) is 11.0 Å². The van der Waals surface area contributed by atoms with Crippen LogP contribution in [-0.2, 0) is 13.1 Å². The van der Waals surface area contributed by atoms with Gasteiger partial charge in [0.25, 0.3) is 0 Å². The largest absolute Gasteiger partial charge is 0.261 e. The van der Waals surface area contributed by atoms with Gasteiger partial charge in [-0.3, -0.25) is 9.48 Å². The monoisotopic (exact) mass is 333 g/mol. The van der Waals surface area contributed by atoms with Crippen LogP contribution in [0.3, 0.4) is 0 Å². The third kappa shape index (κ3) is 2.68. The van der Waals surface area contributed by atoms with E-state index in [0.29, 0.717) is 6.04 Å². The van der Waals surface area contributed by atoms with Gasteiger partial charge < -0.3 is 0 Å². The molecule has 0 aromatic heterocycles. The molecular weight excluding hydrogens is 304 g/mol. The summed E-state index contributed by atoms with van der Waals surface area (Å²) < 4.78 is 2.59. The smallest absolute Gasteiger partial charge is 0.235 e. The van der Waals surface area contributed by atoms with Gasteiger partial charge in [0.15, 0.2) is 0 Å². The van der Waals surface area contributed by atoms with Crippen molar-refractivity contribution in [2.24, 2.45) is 5.41 Å². The van der Waals surface area contributed by atoms with E-state index in [4.69, 9.17) is 0 Å². The quantitative estimate of drug-likeness (QED) is 0.736. The summed E-state index contributed by atoms with van der Waals surface area (Å²) in [5.74, 6) is 0. The van der Waals surface area contributed by atoms with Crippen LogP contribution in [0, 0.1) is 5.41 Å². The molecule has 2 nitrogen and oxygen atoms in total. The second-order valence-electron chi connectivity index (χ2n) is 8.44. The van der Waals surface area contributed by atoms with Crippen LogP contribution in [0.15, 0.2) is 60.7 Å². The first-order chi connectivity index (χ1) is 12.0. The van der Waals surface area contributed by atoms with E-state index in [1.165, 1.54) is 24.0 Å². The topological polar surface area (TPSA) is 6.25 Å². The molecule has 1 aliphatic heterocycles. The van der Waals surface area contributed by atoms with E-state index in [2.05, 4.69) is 97.2 Å². The molecular formula is C23H29N2+. The summed E-state index contributed by atoms with van der Waals surface area (Å²) >= 11 is 0. The van der Waals surface area contributed by atoms with Crippen LogP contribution in [0.5, 0.6) is 0 Å². The average Bonchev–Trinajstić information content (AvgIpc) is 2.76. The Kier molecular flexibility index (Phi) is 3.94. The molecule has 1 fully saturated rings. The van der Waals surface area contributed by atoms with Crippen molar-refractivity contribution >= 4 is 6.34 Å². The number of nitrogens with zero attached hydrogens (tertiary/aromatic N) is 2. The zero-order chi connectivity index (χ0) is 17.5. The third-order valence-corrected chi connectivity index (χ3v) is 6.85. The highest BCUT2D eigenvalue weighted by Crippen LogP contribution is 2.52. The van der Waals surface area contributed by atoms with Crippen molar-refractivity contribution in [2.45, 2.75) is 58.3 Å². The normalized spacial score (nSPS) is 27.2. The Morgan fingerprint density at radius 2 is 1.52 bits per heavy atom. The zero-order valence-corrected chi connectivity index (χ0v) is 15.7. The highest BCUT2D eigenvalue weighted by atomic mass is 15.3. The van der Waals surface area contributed by atoms with Gasteiger partial charge in [-0.1, -0.05) is 74.5 Å². The van der Waals surface area contributed by atoms with E-state index in [9.17, 15) is 0 Å². The van der Waals surface area contributed by atoms with E-state index < -0.39 is 0 Å². The van der Waals surface area contributed by atoms with Crippen molar-refractivity contribution in [3.63, 3.8) is 0 Å². The highest BCUT2D eigenvalue weighted by Gasteiger charge is 2.62. The number of rotatable bonds is 4. The SMILES string of the molecule is CC1(C)[C@@H]2CC[C@@]1(C)N(Cc1ccccc1)C=[N+]2Cc1ccccc1. The number of benzene rings is 2. The lowest BCUT2D eigenvalue weighted by atomic mass is 9.71. The maximum Gasteiger partial charge on any atom is 0.235 e. The maximum atomic E-state index is 2.61. The van der Waals surface area contributed by atoms with E-state index >= 15 is 0 Å². The molecule has 1 aliphatic carbocycles. The Morgan fingerprint density at radius 3 is 2.16 bits per heavy atom. The molecule has 0 saturated heterocycles. The maximum absolute atomic E-state index is 2.61. The van der Waals surface area contributed by atoms with Crippen molar-refractivity contribution in [1.29, 1.82) is 0 Å². The van der Waals surface area contributed by atoms with Gasteiger partial charge in [-0.15, -0.1) is 0 Å². The van der Waals surface area contributed by atoms with Crippen molar-refractivity contribution in [3.8, 4) is 0 Å². The van der Waals surface area contributed by atoms with Gasteiger partial charge in [-0.05, 0) is 30.9 Å². The number of hydrogen-bond acceptors (Lipinski definition) is 1. The van der Waals surface area contributed by atoms with Gasteiger partial charge in [0.1, 0.15) is 24.7 Å². The van der Waals surface area contributed by atoms with Crippen molar-refractivity contribution in [3.05, 3.63) is 71.8 Å². The lowest BCUT2D eigenvalue weighted by molar-refractivity contribution is -0.602. The number of hydrogen-bond donors (Lipinski definition) is 0. The Hall–Kier alpha value is -2.09. The summed E-state index contributed by atoms with van der Waals surface area (Å²) in [5.41, 5.74) is 3.27. The van der Waals surface area contributed by atoms with Gasteiger partial charge in [-0.2, -0.15) is 0 Å². The fourth-order valence-corrected chi connectivity index (χ4v) is 4.88. The second-order valence-corrected chi connectivity index (χ2v) is 8.44. The van der Waals surface area contributed by atoms with Gasteiger partial charge >= 0.3 is 0 Å². The minimum atomic E-state index is 0.223. The van der Waals surface area contributed by atoms with Crippen LogP contribution >= 0.6 is 0 Å². The fourth-order valence-electron chi connectivity index (χ4n) is 4.88. The molecule has 0 N–H and O–H groups in total. The van der Waals surface area contributed by atoms with Crippen LogP contribution < -0.4 is 0 Å². The molecule has 1 saturated carbocycles. The van der Waals surface area contributed by atoms with Gasteiger partial charge in [0.05, 0.1) is 0 Å².